The number of hydrogen-bond acceptors (Lipinski definition) is 12. The molecule has 10 atom stereocenters. The second-order valence-electron chi connectivity index (χ2n) is 16.2. The highest BCUT2D eigenvalue weighted by molar-refractivity contribution is 7.99. The van der Waals surface area contributed by atoms with Gasteiger partial charge in [-0.25, -0.2) is 0 Å². The number of aromatic amines is 1. The van der Waals surface area contributed by atoms with Crippen LogP contribution in [0.2, 0.25) is 0 Å². The second-order valence-corrected chi connectivity index (χ2v) is 17.2. The van der Waals surface area contributed by atoms with Gasteiger partial charge in [0.2, 0.25) is 53.2 Å². The number of nitrogens with zero attached hydrogens (tertiary/aromatic N) is 1. The number of benzene rings is 1. The first-order chi connectivity index (χ1) is 29.7. The summed E-state index contributed by atoms with van der Waals surface area (Å²) >= 11 is 1.18. The number of carbonyl (C=O) groups excluding carboxylic acids is 9. The van der Waals surface area contributed by atoms with Gasteiger partial charge in [0.15, 0.2) is 0 Å². The Morgan fingerprint density at radius 2 is 1.44 bits per heavy atom. The van der Waals surface area contributed by atoms with Crippen molar-refractivity contribution in [1.82, 2.24) is 47.1 Å². The molecule has 2 aliphatic rings. The summed E-state index contributed by atoms with van der Waals surface area (Å²) in [6.07, 6.45) is -1.82. The van der Waals surface area contributed by atoms with Crippen molar-refractivity contribution in [1.29, 1.82) is 0 Å². The molecule has 1 unspecified atom stereocenters. The van der Waals surface area contributed by atoms with Gasteiger partial charge in [0.1, 0.15) is 42.3 Å². The Balaban J connectivity index is 1.73. The first-order valence-electron chi connectivity index (χ1n) is 20.9. The summed E-state index contributed by atoms with van der Waals surface area (Å²) < 4.78 is 0. The van der Waals surface area contributed by atoms with Gasteiger partial charge in [-0.05, 0) is 50.7 Å². The van der Waals surface area contributed by atoms with Crippen molar-refractivity contribution < 1.29 is 53.4 Å². The number of fused-ring (bicyclic) bond motifs is 2. The summed E-state index contributed by atoms with van der Waals surface area (Å²) in [5, 5.41) is 39.8. The lowest BCUT2D eigenvalue weighted by atomic mass is 9.96. The SMILES string of the molecule is CC[C@H](C)C1NC(=O)CNC(=O)[C@H](C)NC(=O)[C@H]([C@@H](C)CCO)NC(=O)[C@@H]2C[C@@H](O)CN2C(=O)[C@H](CC(N)=O)NC(=O)[C@H](CSc2[nH]c3ccccc3c2C)NC(=O)[C@@H](C)NC1=O. The predicted molar refractivity (Wildman–Crippen MR) is 230 cm³/mol. The molecule has 2 aliphatic heterocycles. The lowest BCUT2D eigenvalue weighted by Crippen LogP contribution is -2.61. The van der Waals surface area contributed by atoms with E-state index in [0.29, 0.717) is 11.4 Å². The fourth-order valence-electron chi connectivity index (χ4n) is 7.30. The Hall–Kier alpha value is -5.74. The van der Waals surface area contributed by atoms with Gasteiger partial charge < -0.3 is 63.0 Å². The van der Waals surface area contributed by atoms with Crippen LogP contribution >= 0.6 is 11.8 Å². The maximum Gasteiger partial charge on any atom is 0.246 e. The third-order valence-electron chi connectivity index (χ3n) is 11.3. The molecule has 9 amide bonds. The van der Waals surface area contributed by atoms with Gasteiger partial charge >= 0.3 is 0 Å². The molecule has 12 N–H and O–H groups in total. The number of thioether (sulfide) groups is 1. The lowest BCUT2D eigenvalue weighted by molar-refractivity contribution is -0.143. The van der Waals surface area contributed by atoms with Crippen LogP contribution in [-0.2, 0) is 43.2 Å². The van der Waals surface area contributed by atoms with E-state index < -0.39 is 133 Å². The standard InChI is InChI=1S/C41H60N10O11S/c1-7-19(2)32-38(60)45-23(6)35(57)47-28(18-63-40-21(4)25-10-8-9-11-26(25)48-40)36(58)46-27(15-30(42)54)41(62)51-17-24(53)14-29(51)37(59)50-33(20(3)12-13-52)39(61)44-22(5)34(56)43-16-31(55)49-32/h8-11,19-20,22-24,27-29,32-33,48,52-53H,7,12-18H2,1-6H3,(H2,42,54)(H,43,56)(H,44,61)(H,45,60)(H,46,58)(H,47,57)(H,49,55)(H,50,59)/t19-,20-,22-,23+,24+,27-,28-,29-,32?,33-/m0/s1. The predicted octanol–water partition coefficient (Wildman–Crippen LogP) is -2.45. The highest BCUT2D eigenvalue weighted by Gasteiger charge is 2.44. The highest BCUT2D eigenvalue weighted by Crippen LogP contribution is 2.29. The molecule has 1 aromatic carbocycles. The molecule has 2 aromatic rings. The van der Waals surface area contributed by atoms with E-state index in [1.807, 2.05) is 31.2 Å². The van der Waals surface area contributed by atoms with Crippen molar-refractivity contribution in [3.63, 3.8) is 0 Å². The Morgan fingerprint density at radius 1 is 0.825 bits per heavy atom. The van der Waals surface area contributed by atoms with Gasteiger partial charge in [0.05, 0.1) is 24.1 Å². The Morgan fingerprint density at radius 3 is 2.06 bits per heavy atom. The number of H-pyrrole nitrogens is 1. The van der Waals surface area contributed by atoms with Crippen LogP contribution in [0.4, 0.5) is 0 Å². The van der Waals surface area contributed by atoms with Crippen LogP contribution in [0.15, 0.2) is 29.3 Å². The third kappa shape index (κ3) is 13.1. The zero-order valence-corrected chi connectivity index (χ0v) is 37.1. The molecule has 0 saturated carbocycles. The van der Waals surface area contributed by atoms with Crippen molar-refractivity contribution >= 4 is 75.8 Å². The highest BCUT2D eigenvalue weighted by atomic mass is 32.2. The van der Waals surface area contributed by atoms with Gasteiger partial charge in [-0.3, -0.25) is 43.2 Å². The molecule has 21 nitrogen and oxygen atoms in total. The van der Waals surface area contributed by atoms with E-state index >= 15 is 0 Å². The normalized spacial score (nSPS) is 27.4. The third-order valence-corrected chi connectivity index (χ3v) is 12.5. The summed E-state index contributed by atoms with van der Waals surface area (Å²) in [4.78, 5) is 126. The van der Waals surface area contributed by atoms with Crippen LogP contribution in [0, 0.1) is 18.8 Å². The molecule has 2 fully saturated rings. The van der Waals surface area contributed by atoms with Crippen LogP contribution in [0.1, 0.15) is 65.9 Å². The van der Waals surface area contributed by atoms with E-state index in [1.54, 1.807) is 20.8 Å². The van der Waals surface area contributed by atoms with Crippen LogP contribution in [0.3, 0.4) is 0 Å². The molecule has 0 radical (unpaired) electrons. The van der Waals surface area contributed by atoms with Gasteiger partial charge in [0, 0.05) is 36.2 Å². The molecule has 3 heterocycles. The number of carbonyl (C=O) groups is 9. The zero-order chi connectivity index (χ0) is 46.7. The van der Waals surface area contributed by atoms with Crippen molar-refractivity contribution in [3.8, 4) is 0 Å². The maximum atomic E-state index is 14.3. The number of aryl methyl sites for hydroxylation is 1. The topological polar surface area (TPSA) is 323 Å². The summed E-state index contributed by atoms with van der Waals surface area (Å²) in [5.74, 6) is -8.99. The Kier molecular flexibility index (Phi) is 17.9. The first-order valence-corrected chi connectivity index (χ1v) is 21.9. The number of nitrogens with one attached hydrogen (secondary N) is 8. The monoisotopic (exact) mass is 900 g/mol. The zero-order valence-electron chi connectivity index (χ0n) is 36.2. The molecule has 63 heavy (non-hydrogen) atoms. The number of para-hydroxylation sites is 1. The van der Waals surface area contributed by atoms with E-state index in [1.165, 1.54) is 25.6 Å². The number of nitrogens with two attached hydrogens (primary N) is 1. The molecule has 4 rings (SSSR count). The molecule has 1 aromatic heterocycles. The van der Waals surface area contributed by atoms with Crippen LogP contribution in [0.25, 0.3) is 10.9 Å². The average molecular weight is 901 g/mol. The molecule has 0 spiro atoms. The Labute approximate surface area is 368 Å². The number of hydrogen-bond donors (Lipinski definition) is 11. The van der Waals surface area contributed by atoms with E-state index in [4.69, 9.17) is 5.73 Å². The van der Waals surface area contributed by atoms with Crippen molar-refractivity contribution in [3.05, 3.63) is 29.8 Å². The van der Waals surface area contributed by atoms with E-state index in [9.17, 15) is 53.4 Å². The Bertz CT molecular complexity index is 2050. The van der Waals surface area contributed by atoms with Gasteiger partial charge in [-0.15, -0.1) is 11.8 Å². The average Bonchev–Trinajstić information content (AvgIpc) is 3.79. The smallest absolute Gasteiger partial charge is 0.246 e. The van der Waals surface area contributed by atoms with Gasteiger partial charge in [-0.2, -0.15) is 0 Å². The van der Waals surface area contributed by atoms with Crippen molar-refractivity contribution in [2.24, 2.45) is 17.6 Å². The van der Waals surface area contributed by atoms with Crippen molar-refractivity contribution in [2.45, 2.75) is 121 Å². The number of primary amides is 1. The fraction of sp³-hybridized carbons (Fsp3) is 0.585. The van der Waals surface area contributed by atoms with Gasteiger partial charge in [0.25, 0.3) is 0 Å². The van der Waals surface area contributed by atoms with Crippen LogP contribution in [-0.4, -0.2) is 147 Å². The summed E-state index contributed by atoms with van der Waals surface area (Å²) in [6, 6.07) is -2.07. The van der Waals surface area contributed by atoms with E-state index in [2.05, 4.69) is 42.2 Å². The number of amides is 9. The number of aromatic nitrogens is 1. The fourth-order valence-corrected chi connectivity index (χ4v) is 8.37. The van der Waals surface area contributed by atoms with Gasteiger partial charge in [-0.1, -0.05) is 45.4 Å². The number of aliphatic hydroxyl groups excluding tert-OH is 2. The summed E-state index contributed by atoms with van der Waals surface area (Å²) in [6.45, 7) is 8.26. The largest absolute Gasteiger partial charge is 0.396 e. The molecule has 0 bridgehead atoms. The first kappa shape index (κ1) is 49.9. The number of rotatable bonds is 10. The quantitative estimate of drug-likeness (QED) is 0.111. The van der Waals surface area contributed by atoms with Crippen molar-refractivity contribution in [2.75, 3.05) is 25.4 Å². The molecule has 2 saturated heterocycles. The van der Waals surface area contributed by atoms with Crippen LogP contribution in [0.5, 0.6) is 0 Å². The minimum absolute atomic E-state index is 0.0291. The minimum atomic E-state index is -1.69. The molecule has 346 valence electrons. The molecule has 0 aliphatic carbocycles. The molecular formula is C41H60N10O11S. The molecule has 22 heteroatoms. The minimum Gasteiger partial charge on any atom is -0.396 e. The van der Waals surface area contributed by atoms with E-state index in [-0.39, 0.29) is 25.2 Å². The summed E-state index contributed by atoms with van der Waals surface area (Å²) in [5.41, 5.74) is 7.23. The van der Waals surface area contributed by atoms with Crippen LogP contribution < -0.4 is 43.0 Å². The van der Waals surface area contributed by atoms with E-state index in [0.717, 1.165) is 21.4 Å². The summed E-state index contributed by atoms with van der Waals surface area (Å²) in [7, 11) is 0. The number of aliphatic hydroxyl groups is 2. The molecular weight excluding hydrogens is 841 g/mol. The second kappa shape index (κ2) is 22.6. The lowest BCUT2D eigenvalue weighted by Gasteiger charge is -2.31. The maximum absolute atomic E-state index is 14.3.